The van der Waals surface area contributed by atoms with Gasteiger partial charge in [0.05, 0.1) is 18.9 Å². The Morgan fingerprint density at radius 3 is 2.72 bits per heavy atom. The number of halogens is 2. The fourth-order valence-electron chi connectivity index (χ4n) is 1.58. The predicted octanol–water partition coefficient (Wildman–Crippen LogP) is 2.27. The second kappa shape index (κ2) is 6.70. The molecule has 0 aliphatic carbocycles. The zero-order valence-corrected chi connectivity index (χ0v) is 10.1. The van der Waals surface area contributed by atoms with Gasteiger partial charge in [0, 0.05) is 19.2 Å². The van der Waals surface area contributed by atoms with Gasteiger partial charge in [0.1, 0.15) is 11.6 Å². The summed E-state index contributed by atoms with van der Waals surface area (Å²) in [6, 6.07) is 5.10. The van der Waals surface area contributed by atoms with Gasteiger partial charge in [0.25, 0.3) is 0 Å². The molecule has 1 amide bonds. The summed E-state index contributed by atoms with van der Waals surface area (Å²) in [7, 11) is 0. The van der Waals surface area contributed by atoms with Crippen LogP contribution in [0.15, 0.2) is 18.2 Å². The number of hydrogen-bond donors (Lipinski definition) is 0. The van der Waals surface area contributed by atoms with Gasteiger partial charge in [-0.05, 0) is 18.6 Å². The smallest absolute Gasteiger partial charge is 0.227 e. The topological polar surface area (TPSA) is 44.1 Å². The Bertz CT molecular complexity index is 469. The highest BCUT2D eigenvalue weighted by Gasteiger charge is 2.14. The van der Waals surface area contributed by atoms with E-state index in [1.165, 1.54) is 11.0 Å². The molecule has 0 aromatic heterocycles. The van der Waals surface area contributed by atoms with Crippen molar-refractivity contribution < 1.29 is 13.6 Å². The number of nitrogens with zero attached hydrogens (tertiary/aromatic N) is 2. The van der Waals surface area contributed by atoms with Gasteiger partial charge in [-0.2, -0.15) is 5.26 Å². The fourth-order valence-corrected chi connectivity index (χ4v) is 1.58. The van der Waals surface area contributed by atoms with E-state index in [0.717, 1.165) is 12.1 Å². The molecule has 1 aromatic carbocycles. The third-order valence-corrected chi connectivity index (χ3v) is 2.58. The second-order valence-electron chi connectivity index (χ2n) is 3.79. The summed E-state index contributed by atoms with van der Waals surface area (Å²) in [6.45, 7) is 2.58. The Kier molecular flexibility index (Phi) is 5.25. The Labute approximate surface area is 105 Å². The van der Waals surface area contributed by atoms with Crippen LogP contribution in [-0.4, -0.2) is 23.9 Å². The number of benzene rings is 1. The standard InChI is InChI=1S/C13H14F2N2O/c1-2-17(7-3-6-16)13(18)8-10-4-5-11(14)9-12(10)15/h4-5,9H,2-3,7-8H2,1H3. The van der Waals surface area contributed by atoms with Gasteiger partial charge in [0.15, 0.2) is 0 Å². The summed E-state index contributed by atoms with van der Waals surface area (Å²) in [5.41, 5.74) is 0.164. The zero-order valence-electron chi connectivity index (χ0n) is 10.1. The van der Waals surface area contributed by atoms with Crippen molar-refractivity contribution in [3.8, 4) is 6.07 Å². The minimum Gasteiger partial charge on any atom is -0.342 e. The van der Waals surface area contributed by atoms with Gasteiger partial charge in [-0.1, -0.05) is 6.07 Å². The quantitative estimate of drug-likeness (QED) is 0.806. The molecule has 1 aromatic rings. The number of likely N-dealkylation sites (N-methyl/N-ethyl adjacent to an activating group) is 1. The lowest BCUT2D eigenvalue weighted by molar-refractivity contribution is -0.130. The first-order valence-electron chi connectivity index (χ1n) is 5.67. The molecule has 0 spiro atoms. The number of rotatable bonds is 5. The van der Waals surface area contributed by atoms with E-state index in [9.17, 15) is 13.6 Å². The lowest BCUT2D eigenvalue weighted by Crippen LogP contribution is -2.33. The molecule has 0 fully saturated rings. The SMILES string of the molecule is CCN(CCC#N)C(=O)Cc1ccc(F)cc1F. The van der Waals surface area contributed by atoms with Crippen molar-refractivity contribution in [2.45, 2.75) is 19.8 Å². The van der Waals surface area contributed by atoms with Crippen LogP contribution >= 0.6 is 0 Å². The van der Waals surface area contributed by atoms with Crippen LogP contribution in [0.25, 0.3) is 0 Å². The molecule has 96 valence electrons. The summed E-state index contributed by atoms with van der Waals surface area (Å²) < 4.78 is 26.1. The van der Waals surface area contributed by atoms with Gasteiger partial charge in [-0.15, -0.1) is 0 Å². The van der Waals surface area contributed by atoms with Crippen molar-refractivity contribution >= 4 is 5.91 Å². The molecule has 0 radical (unpaired) electrons. The van der Waals surface area contributed by atoms with Crippen molar-refractivity contribution in [3.05, 3.63) is 35.4 Å². The molecule has 5 heteroatoms. The monoisotopic (exact) mass is 252 g/mol. The average molecular weight is 252 g/mol. The van der Waals surface area contributed by atoms with Crippen molar-refractivity contribution in [2.24, 2.45) is 0 Å². The van der Waals surface area contributed by atoms with Crippen LogP contribution in [0.1, 0.15) is 18.9 Å². The van der Waals surface area contributed by atoms with Gasteiger partial charge >= 0.3 is 0 Å². The van der Waals surface area contributed by atoms with E-state index in [1.807, 2.05) is 6.07 Å². The lowest BCUT2D eigenvalue weighted by Gasteiger charge is -2.19. The summed E-state index contributed by atoms with van der Waals surface area (Å²) in [4.78, 5) is 13.3. The van der Waals surface area contributed by atoms with Crippen LogP contribution in [-0.2, 0) is 11.2 Å². The molecule has 0 unspecified atom stereocenters. The van der Waals surface area contributed by atoms with E-state index in [1.54, 1.807) is 6.92 Å². The second-order valence-corrected chi connectivity index (χ2v) is 3.79. The van der Waals surface area contributed by atoms with E-state index >= 15 is 0 Å². The van der Waals surface area contributed by atoms with E-state index in [0.29, 0.717) is 13.1 Å². The van der Waals surface area contributed by atoms with E-state index < -0.39 is 11.6 Å². The molecule has 0 aliphatic rings. The van der Waals surface area contributed by atoms with Crippen LogP contribution in [0.3, 0.4) is 0 Å². The summed E-state index contributed by atoms with van der Waals surface area (Å²) in [5.74, 6) is -1.65. The van der Waals surface area contributed by atoms with E-state index in [2.05, 4.69) is 0 Å². The highest BCUT2D eigenvalue weighted by molar-refractivity contribution is 5.78. The van der Waals surface area contributed by atoms with Crippen LogP contribution in [0.2, 0.25) is 0 Å². The predicted molar refractivity (Wildman–Crippen MR) is 62.5 cm³/mol. The Balaban J connectivity index is 2.71. The van der Waals surface area contributed by atoms with Crippen LogP contribution < -0.4 is 0 Å². The zero-order chi connectivity index (χ0) is 13.5. The first-order valence-corrected chi connectivity index (χ1v) is 5.67. The van der Waals surface area contributed by atoms with Crippen molar-refractivity contribution in [1.82, 2.24) is 4.90 Å². The highest BCUT2D eigenvalue weighted by Crippen LogP contribution is 2.11. The number of amides is 1. The largest absolute Gasteiger partial charge is 0.342 e. The fraction of sp³-hybridized carbons (Fsp3) is 0.385. The Hall–Kier alpha value is -1.96. The van der Waals surface area contributed by atoms with Crippen molar-refractivity contribution in [1.29, 1.82) is 5.26 Å². The first-order chi connectivity index (χ1) is 8.58. The normalized spacial score (nSPS) is 9.89. The third kappa shape index (κ3) is 3.81. The maximum atomic E-state index is 13.4. The summed E-state index contributed by atoms with van der Waals surface area (Å²) in [5, 5.41) is 8.47. The molecule has 0 N–H and O–H groups in total. The average Bonchev–Trinajstić information content (AvgIpc) is 2.34. The molecule has 0 bridgehead atoms. The van der Waals surface area contributed by atoms with Gasteiger partial charge < -0.3 is 4.90 Å². The Morgan fingerprint density at radius 2 is 2.17 bits per heavy atom. The van der Waals surface area contributed by atoms with Crippen LogP contribution in [0.5, 0.6) is 0 Å². The van der Waals surface area contributed by atoms with E-state index in [-0.39, 0.29) is 24.3 Å². The molecule has 0 heterocycles. The van der Waals surface area contributed by atoms with E-state index in [4.69, 9.17) is 5.26 Å². The molecule has 3 nitrogen and oxygen atoms in total. The van der Waals surface area contributed by atoms with Crippen molar-refractivity contribution in [3.63, 3.8) is 0 Å². The molecule has 0 atom stereocenters. The molecular formula is C13H14F2N2O. The number of carbonyl (C=O) groups excluding carboxylic acids is 1. The van der Waals surface area contributed by atoms with Crippen LogP contribution in [0, 0.1) is 23.0 Å². The maximum Gasteiger partial charge on any atom is 0.227 e. The lowest BCUT2D eigenvalue weighted by atomic mass is 10.1. The summed E-state index contributed by atoms with van der Waals surface area (Å²) in [6.07, 6.45) is 0.122. The number of nitriles is 1. The van der Waals surface area contributed by atoms with Gasteiger partial charge in [0.2, 0.25) is 5.91 Å². The van der Waals surface area contributed by atoms with Crippen molar-refractivity contribution in [2.75, 3.05) is 13.1 Å². The molecule has 18 heavy (non-hydrogen) atoms. The maximum absolute atomic E-state index is 13.4. The number of hydrogen-bond acceptors (Lipinski definition) is 2. The first kappa shape index (κ1) is 14.1. The minimum atomic E-state index is -0.723. The summed E-state index contributed by atoms with van der Waals surface area (Å²) >= 11 is 0. The molecule has 1 rings (SSSR count). The molecule has 0 saturated heterocycles. The van der Waals surface area contributed by atoms with Gasteiger partial charge in [-0.3, -0.25) is 4.79 Å². The van der Waals surface area contributed by atoms with Gasteiger partial charge in [-0.25, -0.2) is 8.78 Å². The number of carbonyl (C=O) groups is 1. The molecule has 0 aliphatic heterocycles. The molecular weight excluding hydrogens is 238 g/mol. The third-order valence-electron chi connectivity index (χ3n) is 2.58. The molecule has 0 saturated carbocycles. The minimum absolute atomic E-state index is 0.120. The highest BCUT2D eigenvalue weighted by atomic mass is 19.1. The van der Waals surface area contributed by atoms with Crippen LogP contribution in [0.4, 0.5) is 8.78 Å². The Morgan fingerprint density at radius 1 is 1.44 bits per heavy atom.